The van der Waals surface area contributed by atoms with Crippen LogP contribution in [0.1, 0.15) is 32.6 Å². The highest BCUT2D eigenvalue weighted by Gasteiger charge is 2.32. The van der Waals surface area contributed by atoms with Crippen LogP contribution < -0.4 is 5.32 Å². The van der Waals surface area contributed by atoms with Crippen LogP contribution in [0.25, 0.3) is 0 Å². The van der Waals surface area contributed by atoms with Gasteiger partial charge >= 0.3 is 12.1 Å². The summed E-state index contributed by atoms with van der Waals surface area (Å²) in [4.78, 5) is 30.2. The van der Waals surface area contributed by atoms with Crippen molar-refractivity contribution < 1.29 is 24.5 Å². The van der Waals surface area contributed by atoms with Crippen molar-refractivity contribution in [3.63, 3.8) is 0 Å². The van der Waals surface area contributed by atoms with Crippen LogP contribution in [-0.2, 0) is 9.53 Å². The zero-order valence-corrected chi connectivity index (χ0v) is 11.4. The molecule has 0 radical (unpaired) electrons. The van der Waals surface area contributed by atoms with Crippen LogP contribution in [0.4, 0.5) is 4.79 Å². The molecule has 1 rings (SSSR count). The van der Waals surface area contributed by atoms with Crippen LogP contribution >= 0.6 is 0 Å². The SMILES string of the molecule is CC(C)(C)OC(=O)N[C@@H](c1ncccn1)[C@@H](O)C(=O)O. The summed E-state index contributed by atoms with van der Waals surface area (Å²) in [5, 5.41) is 20.8. The summed E-state index contributed by atoms with van der Waals surface area (Å²) in [6.07, 6.45) is 0.00150. The van der Waals surface area contributed by atoms with E-state index in [-0.39, 0.29) is 5.82 Å². The number of carboxylic acids is 1. The molecule has 8 nitrogen and oxygen atoms in total. The maximum absolute atomic E-state index is 11.7. The number of amides is 1. The maximum atomic E-state index is 11.7. The number of aliphatic hydroxyl groups is 1. The molecule has 0 saturated carbocycles. The van der Waals surface area contributed by atoms with Crippen LogP contribution in [0.3, 0.4) is 0 Å². The quantitative estimate of drug-likeness (QED) is 0.735. The minimum atomic E-state index is -1.88. The second-order valence-electron chi connectivity index (χ2n) is 5.01. The van der Waals surface area contributed by atoms with Gasteiger partial charge in [-0.2, -0.15) is 0 Å². The molecule has 1 aromatic rings. The zero-order chi connectivity index (χ0) is 15.3. The molecule has 0 fully saturated rings. The first-order valence-corrected chi connectivity index (χ1v) is 5.88. The van der Waals surface area contributed by atoms with E-state index in [1.54, 1.807) is 20.8 Å². The summed E-state index contributed by atoms with van der Waals surface area (Å²) in [5.74, 6) is -1.52. The number of alkyl carbamates (subject to hydrolysis) is 1. The average molecular weight is 283 g/mol. The Kier molecular flexibility index (Phi) is 4.98. The van der Waals surface area contributed by atoms with Crippen molar-refractivity contribution in [3.8, 4) is 0 Å². The number of hydrogen-bond acceptors (Lipinski definition) is 6. The van der Waals surface area contributed by atoms with Gasteiger partial charge in [-0.3, -0.25) is 0 Å². The van der Waals surface area contributed by atoms with E-state index >= 15 is 0 Å². The molecule has 0 saturated heterocycles. The molecule has 1 heterocycles. The number of carbonyl (C=O) groups excluding carboxylic acids is 1. The van der Waals surface area contributed by atoms with Gasteiger partial charge in [-0.05, 0) is 26.8 Å². The topological polar surface area (TPSA) is 122 Å². The molecule has 0 bridgehead atoms. The molecular weight excluding hydrogens is 266 g/mol. The van der Waals surface area contributed by atoms with Gasteiger partial charge in [-0.25, -0.2) is 19.6 Å². The summed E-state index contributed by atoms with van der Waals surface area (Å²) in [6.45, 7) is 4.98. The van der Waals surface area contributed by atoms with Crippen molar-refractivity contribution in [3.05, 3.63) is 24.3 Å². The van der Waals surface area contributed by atoms with E-state index in [0.717, 1.165) is 0 Å². The van der Waals surface area contributed by atoms with E-state index in [0.29, 0.717) is 0 Å². The predicted octanol–water partition coefficient (Wildman–Crippen LogP) is 0.488. The van der Waals surface area contributed by atoms with Gasteiger partial charge in [0.05, 0.1) is 0 Å². The number of hydrogen-bond donors (Lipinski definition) is 3. The van der Waals surface area contributed by atoms with Gasteiger partial charge in [0.1, 0.15) is 11.6 Å². The van der Waals surface area contributed by atoms with Gasteiger partial charge < -0.3 is 20.3 Å². The monoisotopic (exact) mass is 283 g/mol. The number of carboxylic acid groups (broad SMARTS) is 1. The lowest BCUT2D eigenvalue weighted by Gasteiger charge is -2.24. The molecule has 0 aliphatic heterocycles. The fourth-order valence-corrected chi connectivity index (χ4v) is 1.33. The summed E-state index contributed by atoms with van der Waals surface area (Å²) in [6, 6.07) is 0.227. The molecule has 1 aromatic heterocycles. The smallest absolute Gasteiger partial charge is 0.408 e. The highest BCUT2D eigenvalue weighted by Crippen LogP contribution is 2.14. The van der Waals surface area contributed by atoms with Crippen molar-refractivity contribution in [1.29, 1.82) is 0 Å². The lowest BCUT2D eigenvalue weighted by molar-refractivity contribution is -0.148. The highest BCUT2D eigenvalue weighted by atomic mass is 16.6. The van der Waals surface area contributed by atoms with Gasteiger partial charge in [0.2, 0.25) is 0 Å². The van der Waals surface area contributed by atoms with Gasteiger partial charge in [0.25, 0.3) is 0 Å². The molecule has 1 amide bonds. The number of rotatable bonds is 4. The lowest BCUT2D eigenvalue weighted by Crippen LogP contribution is -2.43. The van der Waals surface area contributed by atoms with Gasteiger partial charge in [-0.15, -0.1) is 0 Å². The Bertz CT molecular complexity index is 472. The highest BCUT2D eigenvalue weighted by molar-refractivity contribution is 5.75. The Morgan fingerprint density at radius 1 is 1.30 bits per heavy atom. The van der Waals surface area contributed by atoms with E-state index in [1.165, 1.54) is 18.5 Å². The summed E-state index contributed by atoms with van der Waals surface area (Å²) in [7, 11) is 0. The third-order valence-electron chi connectivity index (χ3n) is 2.10. The fraction of sp³-hybridized carbons (Fsp3) is 0.500. The van der Waals surface area contributed by atoms with Gasteiger partial charge in [0, 0.05) is 12.4 Å². The van der Waals surface area contributed by atoms with E-state index in [9.17, 15) is 14.7 Å². The number of carbonyl (C=O) groups is 2. The van der Waals surface area contributed by atoms with E-state index in [4.69, 9.17) is 9.84 Å². The number of nitrogens with zero attached hydrogens (tertiary/aromatic N) is 2. The standard InChI is InChI=1S/C12H17N3O5/c1-12(2,3)20-11(19)15-7(8(16)10(17)18)9-13-5-4-6-14-9/h4-8,16H,1-3H3,(H,15,19)(H,17,18)/t7-,8-/m1/s1. The third kappa shape index (κ3) is 4.81. The Balaban J connectivity index is 2.90. The Labute approximate surface area is 115 Å². The Hall–Kier alpha value is -2.22. The molecule has 0 spiro atoms. The predicted molar refractivity (Wildman–Crippen MR) is 67.8 cm³/mol. The number of nitrogens with one attached hydrogen (secondary N) is 1. The van der Waals surface area contributed by atoms with E-state index < -0.39 is 29.8 Å². The van der Waals surface area contributed by atoms with Crippen LogP contribution in [0.15, 0.2) is 18.5 Å². The maximum Gasteiger partial charge on any atom is 0.408 e. The third-order valence-corrected chi connectivity index (χ3v) is 2.10. The van der Waals surface area contributed by atoms with Crippen molar-refractivity contribution in [1.82, 2.24) is 15.3 Å². The minimum Gasteiger partial charge on any atom is -0.479 e. The minimum absolute atomic E-state index is 0.0201. The van der Waals surface area contributed by atoms with Crippen LogP contribution in [-0.4, -0.2) is 43.9 Å². The second-order valence-corrected chi connectivity index (χ2v) is 5.01. The average Bonchev–Trinajstić information content (AvgIpc) is 2.34. The molecule has 2 atom stereocenters. The molecule has 0 aromatic carbocycles. The number of aromatic nitrogens is 2. The Morgan fingerprint density at radius 3 is 2.30 bits per heavy atom. The number of ether oxygens (including phenoxy) is 1. The molecule has 0 aliphatic carbocycles. The first-order valence-electron chi connectivity index (χ1n) is 5.88. The van der Waals surface area contributed by atoms with Crippen molar-refractivity contribution in [2.24, 2.45) is 0 Å². The summed E-state index contributed by atoms with van der Waals surface area (Å²) in [5.41, 5.74) is -0.750. The second kappa shape index (κ2) is 6.29. The molecule has 0 aliphatic rings. The largest absolute Gasteiger partial charge is 0.479 e. The number of aliphatic carboxylic acids is 1. The van der Waals surface area contributed by atoms with Gasteiger partial charge in [0.15, 0.2) is 11.9 Å². The van der Waals surface area contributed by atoms with Crippen molar-refractivity contribution in [2.75, 3.05) is 0 Å². The van der Waals surface area contributed by atoms with Gasteiger partial charge in [-0.1, -0.05) is 0 Å². The van der Waals surface area contributed by atoms with E-state index in [1.807, 2.05) is 0 Å². The molecule has 0 unspecified atom stereocenters. The van der Waals surface area contributed by atoms with Crippen LogP contribution in [0, 0.1) is 0 Å². The molecular formula is C12H17N3O5. The van der Waals surface area contributed by atoms with Crippen LogP contribution in [0.2, 0.25) is 0 Å². The first kappa shape index (κ1) is 15.8. The molecule has 8 heteroatoms. The molecule has 3 N–H and O–H groups in total. The Morgan fingerprint density at radius 2 is 1.85 bits per heavy atom. The normalized spacial score (nSPS) is 14.2. The van der Waals surface area contributed by atoms with E-state index in [2.05, 4.69) is 15.3 Å². The summed E-state index contributed by atoms with van der Waals surface area (Å²) >= 11 is 0. The lowest BCUT2D eigenvalue weighted by atomic mass is 10.1. The zero-order valence-electron chi connectivity index (χ0n) is 11.4. The van der Waals surface area contributed by atoms with Crippen molar-refractivity contribution in [2.45, 2.75) is 38.5 Å². The number of aliphatic hydroxyl groups excluding tert-OH is 1. The summed E-state index contributed by atoms with van der Waals surface area (Å²) < 4.78 is 5.01. The van der Waals surface area contributed by atoms with Crippen LogP contribution in [0.5, 0.6) is 0 Å². The molecule has 20 heavy (non-hydrogen) atoms. The fourth-order valence-electron chi connectivity index (χ4n) is 1.33. The molecule has 110 valence electrons. The van der Waals surface area contributed by atoms with Crippen molar-refractivity contribution >= 4 is 12.1 Å². The first-order chi connectivity index (χ1) is 9.20.